The second-order valence-electron chi connectivity index (χ2n) is 18.1. The van der Waals surface area contributed by atoms with E-state index in [1.165, 1.54) is 103 Å². The van der Waals surface area contributed by atoms with Crippen LogP contribution in [-0.4, -0.2) is 37.2 Å². The third-order valence-electron chi connectivity index (χ3n) is 11.6. The third-order valence-corrected chi connectivity index (χ3v) is 11.6. The molecule has 0 saturated heterocycles. The molecule has 0 rings (SSSR count). The number of hydrogen-bond acceptors (Lipinski definition) is 6. The fraction of sp³-hybridized carbons (Fsp3) is 0.717. The maximum Gasteiger partial charge on any atom is 0.306 e. The summed E-state index contributed by atoms with van der Waals surface area (Å²) in [5.74, 6) is -0.901. The fourth-order valence-electron chi connectivity index (χ4n) is 7.50. The van der Waals surface area contributed by atoms with Gasteiger partial charge in [0.25, 0.3) is 0 Å². The van der Waals surface area contributed by atoms with Crippen LogP contribution in [0.2, 0.25) is 0 Å². The normalized spacial score (nSPS) is 12.7. The van der Waals surface area contributed by atoms with Gasteiger partial charge in [-0.1, -0.05) is 228 Å². The summed E-state index contributed by atoms with van der Waals surface area (Å²) in [4.78, 5) is 37.9. The molecule has 0 aromatic carbocycles. The van der Waals surface area contributed by atoms with Crippen LogP contribution in [0.25, 0.3) is 0 Å². The number of unbranched alkanes of at least 4 members (excludes halogenated alkanes) is 24. The van der Waals surface area contributed by atoms with Crippen molar-refractivity contribution in [1.29, 1.82) is 0 Å². The molecule has 378 valence electrons. The summed E-state index contributed by atoms with van der Waals surface area (Å²) in [6.07, 6.45) is 70.1. The van der Waals surface area contributed by atoms with E-state index in [0.29, 0.717) is 19.3 Å². The summed E-state index contributed by atoms with van der Waals surface area (Å²) >= 11 is 0. The largest absolute Gasteiger partial charge is 0.462 e. The monoisotopic (exact) mass is 919 g/mol. The quantitative estimate of drug-likeness (QED) is 0.0262. The highest BCUT2D eigenvalue weighted by Gasteiger charge is 2.19. The molecule has 6 nitrogen and oxygen atoms in total. The maximum absolute atomic E-state index is 12.8. The molecular weight excluding hydrogens is 817 g/mol. The first kappa shape index (κ1) is 62.6. The molecule has 0 saturated carbocycles. The summed E-state index contributed by atoms with van der Waals surface area (Å²) in [7, 11) is 0. The van der Waals surface area contributed by atoms with Crippen molar-refractivity contribution in [2.75, 3.05) is 13.2 Å². The number of carbonyl (C=O) groups excluding carboxylic acids is 3. The minimum atomic E-state index is -0.780. The van der Waals surface area contributed by atoms with Gasteiger partial charge in [-0.3, -0.25) is 14.4 Å². The second kappa shape index (κ2) is 54.2. The molecule has 0 N–H and O–H groups in total. The predicted molar refractivity (Wildman–Crippen MR) is 284 cm³/mol. The summed E-state index contributed by atoms with van der Waals surface area (Å²) in [5, 5.41) is 0. The molecule has 0 amide bonds. The molecular formula is C60H102O6. The molecule has 0 radical (unpaired) electrons. The van der Waals surface area contributed by atoms with Crippen LogP contribution >= 0.6 is 0 Å². The molecule has 0 spiro atoms. The molecule has 0 aliphatic heterocycles. The number of ether oxygens (including phenoxy) is 3. The maximum atomic E-state index is 12.8. The zero-order valence-corrected chi connectivity index (χ0v) is 43.2. The summed E-state index contributed by atoms with van der Waals surface area (Å²) in [6, 6.07) is 0. The topological polar surface area (TPSA) is 78.9 Å². The first-order valence-corrected chi connectivity index (χ1v) is 27.6. The van der Waals surface area contributed by atoms with Gasteiger partial charge >= 0.3 is 17.9 Å². The van der Waals surface area contributed by atoms with Crippen LogP contribution < -0.4 is 0 Å². The second-order valence-corrected chi connectivity index (χ2v) is 18.1. The molecule has 0 bridgehead atoms. The first-order valence-electron chi connectivity index (χ1n) is 27.6. The van der Waals surface area contributed by atoms with Gasteiger partial charge in [-0.25, -0.2) is 0 Å². The lowest BCUT2D eigenvalue weighted by Crippen LogP contribution is -2.30. The predicted octanol–water partition coefficient (Wildman–Crippen LogP) is 18.4. The van der Waals surface area contributed by atoms with Gasteiger partial charge in [-0.05, 0) is 96.3 Å². The number of allylic oxidation sites excluding steroid dienone is 14. The van der Waals surface area contributed by atoms with E-state index >= 15 is 0 Å². The van der Waals surface area contributed by atoms with E-state index in [4.69, 9.17) is 14.2 Å². The van der Waals surface area contributed by atoms with E-state index < -0.39 is 6.10 Å². The Hall–Kier alpha value is -3.41. The number of rotatable bonds is 49. The smallest absolute Gasteiger partial charge is 0.306 e. The molecule has 0 heterocycles. The van der Waals surface area contributed by atoms with Crippen molar-refractivity contribution in [1.82, 2.24) is 0 Å². The lowest BCUT2D eigenvalue weighted by molar-refractivity contribution is -0.167. The van der Waals surface area contributed by atoms with Crippen molar-refractivity contribution in [3.63, 3.8) is 0 Å². The van der Waals surface area contributed by atoms with Crippen molar-refractivity contribution >= 4 is 17.9 Å². The Morgan fingerprint density at radius 2 is 0.591 bits per heavy atom. The lowest BCUT2D eigenvalue weighted by Gasteiger charge is -2.18. The average molecular weight is 919 g/mol. The van der Waals surface area contributed by atoms with Crippen molar-refractivity contribution < 1.29 is 28.6 Å². The Morgan fingerprint density at radius 1 is 0.318 bits per heavy atom. The molecule has 66 heavy (non-hydrogen) atoms. The Balaban J connectivity index is 4.21. The zero-order chi connectivity index (χ0) is 47.9. The molecule has 1 unspecified atom stereocenters. The molecule has 0 aliphatic carbocycles. The van der Waals surface area contributed by atoms with Gasteiger partial charge in [0, 0.05) is 19.3 Å². The van der Waals surface area contributed by atoms with E-state index in [1.807, 2.05) is 0 Å². The van der Waals surface area contributed by atoms with E-state index in [9.17, 15) is 14.4 Å². The summed E-state index contributed by atoms with van der Waals surface area (Å²) in [5.41, 5.74) is 0. The Labute approximate surface area is 407 Å². The van der Waals surface area contributed by atoms with Gasteiger partial charge < -0.3 is 14.2 Å². The Bertz CT molecular complexity index is 1290. The standard InChI is InChI=1S/C60H102O6/c1-4-7-10-13-16-19-21-23-24-25-26-27-28-29-30-31-32-33-34-35-36-38-39-41-44-47-50-53-59(62)65-56-57(55-64-58(61)52-49-46-43-18-15-12-9-6-3)66-60(63)54-51-48-45-42-40-37-22-20-17-14-11-8-5-2/h7,10,16,19-20,22-24,26-27,29-30,32-33,57H,4-6,8-9,11-15,17-18,21,25,28,31,34-56H2,1-3H3/b10-7-,19-16-,22-20-,24-23-,27-26-,30-29-,33-32-. The van der Waals surface area contributed by atoms with Gasteiger partial charge in [-0.15, -0.1) is 0 Å². The highest BCUT2D eigenvalue weighted by atomic mass is 16.6. The number of carbonyl (C=O) groups is 3. The number of esters is 3. The number of hydrogen-bond donors (Lipinski definition) is 0. The SMILES string of the molecule is CC/C=C\C/C=C\C/C=C\C/C=C\C/C=C\C/C=C\CCCCCCCCCCC(=O)OCC(COC(=O)CCCCCCCCCC)OC(=O)CCCCCCC/C=C\CCCCCC. The molecule has 0 fully saturated rings. The van der Waals surface area contributed by atoms with E-state index in [1.54, 1.807) is 0 Å². The molecule has 1 atom stereocenters. The van der Waals surface area contributed by atoms with Gasteiger partial charge in [0.1, 0.15) is 13.2 Å². The zero-order valence-electron chi connectivity index (χ0n) is 43.2. The summed E-state index contributed by atoms with van der Waals surface area (Å²) < 4.78 is 16.8. The lowest BCUT2D eigenvalue weighted by atomic mass is 10.1. The van der Waals surface area contributed by atoms with Crippen molar-refractivity contribution in [3.8, 4) is 0 Å². The van der Waals surface area contributed by atoms with E-state index in [-0.39, 0.29) is 31.1 Å². The van der Waals surface area contributed by atoms with E-state index in [2.05, 4.69) is 106 Å². The van der Waals surface area contributed by atoms with Crippen molar-refractivity contribution in [3.05, 3.63) is 85.1 Å². The van der Waals surface area contributed by atoms with Crippen LogP contribution in [0.4, 0.5) is 0 Å². The van der Waals surface area contributed by atoms with Crippen LogP contribution in [0.5, 0.6) is 0 Å². The van der Waals surface area contributed by atoms with Gasteiger partial charge in [0.05, 0.1) is 0 Å². The van der Waals surface area contributed by atoms with Crippen LogP contribution in [0.3, 0.4) is 0 Å². The summed E-state index contributed by atoms with van der Waals surface area (Å²) in [6.45, 7) is 6.47. The highest BCUT2D eigenvalue weighted by Crippen LogP contribution is 2.14. The highest BCUT2D eigenvalue weighted by molar-refractivity contribution is 5.71. The van der Waals surface area contributed by atoms with Gasteiger partial charge in [-0.2, -0.15) is 0 Å². The molecule has 0 aromatic heterocycles. The van der Waals surface area contributed by atoms with Gasteiger partial charge in [0.15, 0.2) is 6.10 Å². The van der Waals surface area contributed by atoms with Crippen LogP contribution in [0.1, 0.15) is 258 Å². The van der Waals surface area contributed by atoms with Crippen molar-refractivity contribution in [2.45, 2.75) is 264 Å². The van der Waals surface area contributed by atoms with Crippen molar-refractivity contribution in [2.24, 2.45) is 0 Å². The van der Waals surface area contributed by atoms with Crippen LogP contribution in [0, 0.1) is 0 Å². The average Bonchev–Trinajstić information content (AvgIpc) is 3.31. The van der Waals surface area contributed by atoms with E-state index in [0.717, 1.165) is 116 Å². The molecule has 0 aliphatic rings. The molecule has 6 heteroatoms. The Kier molecular flexibility index (Phi) is 51.4. The fourth-order valence-corrected chi connectivity index (χ4v) is 7.50. The molecule has 0 aromatic rings. The van der Waals surface area contributed by atoms with Crippen LogP contribution in [0.15, 0.2) is 85.1 Å². The van der Waals surface area contributed by atoms with Gasteiger partial charge in [0.2, 0.25) is 0 Å². The third kappa shape index (κ3) is 51.6. The minimum Gasteiger partial charge on any atom is -0.462 e. The minimum absolute atomic E-state index is 0.0810. The van der Waals surface area contributed by atoms with Crippen LogP contribution in [-0.2, 0) is 28.6 Å². The first-order chi connectivity index (χ1) is 32.5. The Morgan fingerprint density at radius 3 is 0.955 bits per heavy atom.